The number of hydrogen-bond acceptors (Lipinski definition) is 11. The first-order valence-electron chi connectivity index (χ1n) is 22.1. The highest BCUT2D eigenvalue weighted by Crippen LogP contribution is 2.57. The molecule has 0 aromatic heterocycles. The number of Topliss-reactive ketones (excluding diaryl/α,β-unsaturated/α-hetero) is 2. The highest BCUT2D eigenvalue weighted by Gasteiger charge is 2.61. The van der Waals surface area contributed by atoms with Gasteiger partial charge >= 0.3 is 12.1 Å². The second kappa shape index (κ2) is 17.1. The van der Waals surface area contributed by atoms with Crippen LogP contribution in [0.3, 0.4) is 0 Å². The third kappa shape index (κ3) is 9.92. The molecule has 16 nitrogen and oxygen atoms in total. The van der Waals surface area contributed by atoms with Gasteiger partial charge in [-0.1, -0.05) is 46.1 Å². The minimum atomic E-state index is -3.91. The highest BCUT2D eigenvalue weighted by molar-refractivity contribution is 7.90. The standard InChI is InChI=1S/C45H63N5O11S/c1-8-29-20-45(29,40(54)48-62(57,58)31-14-15-31)21-35(52)33-18-30(61-42(56)49-22-27-16-36-37(60-25-59-36)17-28(27)23-49)24-50(33)39(53)32(43(2,3)4)19-34(51)38(26-12-10-9-11-13-26)46-41(55)47-44(5,6)7/h8,16-17,26,29-33,38H,1,9-15,18-25H2,2-7H3,(H,48,54)(H2,46,47,55)/t29-,30+,32+,33?,38-,45-/m0/s1. The number of ether oxygens (including phenoxy) is 3. The molecule has 3 N–H and O–H groups in total. The Bertz CT molecular complexity index is 2070. The van der Waals surface area contributed by atoms with Gasteiger partial charge in [0.2, 0.25) is 28.6 Å². The van der Waals surface area contributed by atoms with Crippen LogP contribution in [0.4, 0.5) is 9.59 Å². The summed E-state index contributed by atoms with van der Waals surface area (Å²) in [5.41, 5.74) is -0.954. The monoisotopic (exact) mass is 881 g/mol. The van der Waals surface area contributed by atoms with E-state index in [2.05, 4.69) is 21.9 Å². The molecule has 340 valence electrons. The Kier molecular flexibility index (Phi) is 12.5. The molecule has 4 fully saturated rings. The lowest BCUT2D eigenvalue weighted by Gasteiger charge is -2.37. The van der Waals surface area contributed by atoms with Gasteiger partial charge in [-0.05, 0) is 93.4 Å². The van der Waals surface area contributed by atoms with Crippen LogP contribution in [0.2, 0.25) is 0 Å². The van der Waals surface area contributed by atoms with Crippen molar-refractivity contribution in [1.29, 1.82) is 0 Å². The number of nitrogens with one attached hydrogen (secondary N) is 3. The number of fused-ring (bicyclic) bond motifs is 2. The molecule has 62 heavy (non-hydrogen) atoms. The molecule has 0 bridgehead atoms. The van der Waals surface area contributed by atoms with E-state index in [0.717, 1.165) is 43.2 Å². The van der Waals surface area contributed by atoms with Gasteiger partial charge in [0.05, 0.1) is 29.3 Å². The zero-order valence-electron chi connectivity index (χ0n) is 36.9. The Morgan fingerprint density at radius 2 is 1.58 bits per heavy atom. The van der Waals surface area contributed by atoms with Gasteiger partial charge in [-0.15, -0.1) is 6.58 Å². The van der Waals surface area contributed by atoms with E-state index >= 15 is 4.79 Å². The Hall–Kier alpha value is -4.67. The summed E-state index contributed by atoms with van der Waals surface area (Å²) in [4.78, 5) is 87.7. The van der Waals surface area contributed by atoms with E-state index in [9.17, 15) is 32.4 Å². The van der Waals surface area contributed by atoms with Crippen molar-refractivity contribution < 1.29 is 51.4 Å². The first-order chi connectivity index (χ1) is 29.1. The molecule has 17 heteroatoms. The van der Waals surface area contributed by atoms with Crippen LogP contribution in [-0.4, -0.2) is 96.0 Å². The number of allylic oxidation sites excluding steroid dienone is 1. The van der Waals surface area contributed by atoms with Crippen LogP contribution in [0, 0.1) is 28.6 Å². The molecule has 3 aliphatic heterocycles. The molecule has 0 radical (unpaired) electrons. The van der Waals surface area contributed by atoms with Gasteiger partial charge in [-0.3, -0.25) is 28.8 Å². The van der Waals surface area contributed by atoms with E-state index in [4.69, 9.17) is 14.2 Å². The van der Waals surface area contributed by atoms with Gasteiger partial charge in [0.15, 0.2) is 23.1 Å². The van der Waals surface area contributed by atoms with Gasteiger partial charge in [-0.25, -0.2) is 18.0 Å². The summed E-state index contributed by atoms with van der Waals surface area (Å²) >= 11 is 0. The van der Waals surface area contributed by atoms with Crippen molar-refractivity contribution in [3.05, 3.63) is 35.9 Å². The molecule has 1 saturated heterocycles. The maximum Gasteiger partial charge on any atom is 0.410 e. The fourth-order valence-corrected chi connectivity index (χ4v) is 11.0. The molecule has 3 aliphatic carbocycles. The maximum atomic E-state index is 15.1. The molecule has 6 aliphatic rings. The van der Waals surface area contributed by atoms with Gasteiger partial charge in [0.25, 0.3) is 0 Å². The van der Waals surface area contributed by atoms with Gasteiger partial charge in [0, 0.05) is 43.8 Å². The average Bonchev–Trinajstić information content (AvgIpc) is 4.02. The number of carbonyl (C=O) groups is 6. The second-order valence-electron chi connectivity index (χ2n) is 20.4. The zero-order valence-corrected chi connectivity index (χ0v) is 37.7. The Balaban J connectivity index is 1.13. The first-order valence-corrected chi connectivity index (χ1v) is 23.6. The summed E-state index contributed by atoms with van der Waals surface area (Å²) in [5, 5.41) is 5.19. The number of amides is 5. The lowest BCUT2D eigenvalue weighted by molar-refractivity contribution is -0.146. The molecule has 1 aromatic rings. The van der Waals surface area contributed by atoms with E-state index in [0.29, 0.717) is 24.3 Å². The van der Waals surface area contributed by atoms with Crippen LogP contribution < -0.4 is 24.8 Å². The summed E-state index contributed by atoms with van der Waals surface area (Å²) in [5.74, 6) is -2.35. The minimum Gasteiger partial charge on any atom is -0.454 e. The van der Waals surface area contributed by atoms with Crippen LogP contribution in [0.15, 0.2) is 24.8 Å². The zero-order chi connectivity index (χ0) is 44.9. The molecule has 0 spiro atoms. The summed E-state index contributed by atoms with van der Waals surface area (Å²) in [6.07, 6.45) is 4.85. The SMILES string of the molecule is C=C[C@H]1C[C@@]1(CC(=O)C1C[C@@H](OC(=O)N2Cc3cc4c(cc3C2)OCO4)CN1C(=O)[C@@H](CC(=O)[C@@H](NC(=O)NC(C)(C)C)C1CCCCC1)C(C)(C)C)C(=O)NS(=O)(=O)C1CC1. The molecule has 1 aromatic carbocycles. The molecular formula is C45H63N5O11S. The van der Waals surface area contributed by atoms with Crippen molar-refractivity contribution in [2.45, 2.75) is 154 Å². The van der Waals surface area contributed by atoms with Gasteiger partial charge in [0.1, 0.15) is 6.10 Å². The Morgan fingerprint density at radius 1 is 0.952 bits per heavy atom. The fraction of sp³-hybridized carbons (Fsp3) is 0.689. The number of likely N-dealkylation sites (tertiary alicyclic amines) is 1. The molecule has 3 heterocycles. The van der Waals surface area contributed by atoms with Gasteiger partial charge in [-0.2, -0.15) is 0 Å². The van der Waals surface area contributed by atoms with E-state index in [1.165, 1.54) is 9.80 Å². The number of ketones is 2. The van der Waals surface area contributed by atoms with Crippen molar-refractivity contribution in [2.24, 2.45) is 28.6 Å². The molecular weight excluding hydrogens is 819 g/mol. The van der Waals surface area contributed by atoms with Crippen molar-refractivity contribution >= 4 is 45.5 Å². The fourth-order valence-electron chi connectivity index (χ4n) is 9.61. The summed E-state index contributed by atoms with van der Waals surface area (Å²) in [6, 6.07) is 1.23. The largest absolute Gasteiger partial charge is 0.454 e. The summed E-state index contributed by atoms with van der Waals surface area (Å²) in [7, 11) is -3.91. The number of carbonyl (C=O) groups excluding carboxylic acids is 6. The van der Waals surface area contributed by atoms with E-state index < -0.39 is 91.4 Å². The Morgan fingerprint density at radius 3 is 2.13 bits per heavy atom. The van der Waals surface area contributed by atoms with Crippen LogP contribution in [0.25, 0.3) is 0 Å². The van der Waals surface area contributed by atoms with Crippen LogP contribution in [0.5, 0.6) is 11.5 Å². The van der Waals surface area contributed by atoms with E-state index in [1.54, 1.807) is 6.08 Å². The number of benzene rings is 1. The van der Waals surface area contributed by atoms with Crippen LogP contribution >= 0.6 is 0 Å². The average molecular weight is 882 g/mol. The maximum absolute atomic E-state index is 15.1. The smallest absolute Gasteiger partial charge is 0.410 e. The number of sulfonamides is 1. The predicted octanol–water partition coefficient (Wildman–Crippen LogP) is 5.27. The van der Waals surface area contributed by atoms with E-state index in [-0.39, 0.29) is 63.8 Å². The molecule has 1 unspecified atom stereocenters. The second-order valence-corrected chi connectivity index (χ2v) is 22.4. The summed E-state index contributed by atoms with van der Waals surface area (Å²) in [6.45, 7) is 15.4. The normalized spacial score (nSPS) is 25.6. The molecule has 3 saturated carbocycles. The molecule has 7 rings (SSSR count). The van der Waals surface area contributed by atoms with Crippen molar-refractivity contribution in [1.82, 2.24) is 25.2 Å². The number of urea groups is 1. The van der Waals surface area contributed by atoms with Crippen molar-refractivity contribution in [2.75, 3.05) is 13.3 Å². The molecule has 6 atom stereocenters. The number of nitrogens with zero attached hydrogens (tertiary/aromatic N) is 2. The lowest BCUT2D eigenvalue weighted by atomic mass is 9.74. The quantitative estimate of drug-likeness (QED) is 0.205. The summed E-state index contributed by atoms with van der Waals surface area (Å²) < 4.78 is 45.0. The first kappa shape index (κ1) is 45.4. The van der Waals surface area contributed by atoms with E-state index in [1.807, 2.05) is 53.7 Å². The minimum absolute atomic E-state index is 0.0616. The van der Waals surface area contributed by atoms with Crippen molar-refractivity contribution in [3.63, 3.8) is 0 Å². The van der Waals surface area contributed by atoms with Crippen LogP contribution in [-0.2, 0) is 47.0 Å². The Labute approximate surface area is 364 Å². The van der Waals surface area contributed by atoms with Gasteiger partial charge < -0.3 is 29.7 Å². The number of rotatable bonds is 14. The van der Waals surface area contributed by atoms with Crippen molar-refractivity contribution in [3.8, 4) is 11.5 Å². The lowest BCUT2D eigenvalue weighted by Crippen LogP contribution is -2.55. The topological polar surface area (TPSA) is 207 Å². The highest BCUT2D eigenvalue weighted by atomic mass is 32.2. The molecule has 5 amide bonds. The predicted molar refractivity (Wildman–Crippen MR) is 227 cm³/mol. The third-order valence-electron chi connectivity index (χ3n) is 13.4. The number of hydrogen-bond donors (Lipinski definition) is 3. The van der Waals surface area contributed by atoms with Crippen LogP contribution in [0.1, 0.15) is 123 Å². The third-order valence-corrected chi connectivity index (χ3v) is 15.2.